The second kappa shape index (κ2) is 11.9. The molecule has 0 amide bonds. The number of aryl methyl sites for hydroxylation is 1. The molecule has 0 spiro atoms. The van der Waals surface area contributed by atoms with Gasteiger partial charge in [-0.05, 0) is 36.6 Å². The Morgan fingerprint density at radius 3 is 2.29 bits per heavy atom. The van der Waals surface area contributed by atoms with E-state index >= 15 is 0 Å². The molecule has 1 unspecified atom stereocenters. The summed E-state index contributed by atoms with van der Waals surface area (Å²) in [6, 6.07) is 9.70. The lowest BCUT2D eigenvalue weighted by molar-refractivity contribution is 0.0691. The molecule has 0 fully saturated rings. The zero-order valence-corrected chi connectivity index (χ0v) is 19.6. The second-order valence-corrected chi connectivity index (χ2v) is 9.41. The Hall–Kier alpha value is -2.27. The average molecular weight is 430 g/mol. The van der Waals surface area contributed by atoms with E-state index in [-0.39, 0.29) is 24.1 Å². The van der Waals surface area contributed by atoms with Crippen molar-refractivity contribution in [3.05, 3.63) is 53.3 Å². The standard InChI is InChI=1S/C26H39NO4/c1-5-6-7-8-9-10-11-20-12-14-22(15-13-20)31-19-21(28)18-27-17-16-23(25(29)30)24(27)26(2,3)4/h12-17,21,28H,5-11,18-19H2,1-4H3,(H,29,30). The minimum Gasteiger partial charge on any atom is -0.491 e. The number of ether oxygens (including phenoxy) is 1. The van der Waals surface area contributed by atoms with Crippen LogP contribution in [-0.2, 0) is 18.4 Å². The summed E-state index contributed by atoms with van der Waals surface area (Å²) in [6.07, 6.45) is 9.84. The van der Waals surface area contributed by atoms with E-state index in [1.165, 1.54) is 44.1 Å². The normalized spacial score (nSPS) is 12.7. The molecule has 1 heterocycles. The van der Waals surface area contributed by atoms with Crippen LogP contribution in [0, 0.1) is 0 Å². The number of hydrogen-bond donors (Lipinski definition) is 2. The number of rotatable bonds is 13. The van der Waals surface area contributed by atoms with Gasteiger partial charge in [-0.15, -0.1) is 0 Å². The van der Waals surface area contributed by atoms with E-state index in [0.717, 1.165) is 12.2 Å². The number of aromatic carboxylic acids is 1. The highest BCUT2D eigenvalue weighted by atomic mass is 16.5. The number of hydrogen-bond acceptors (Lipinski definition) is 3. The molecule has 2 N–H and O–H groups in total. The second-order valence-electron chi connectivity index (χ2n) is 9.41. The number of nitrogens with zero attached hydrogens (tertiary/aromatic N) is 1. The number of carboxylic acids is 1. The van der Waals surface area contributed by atoms with Gasteiger partial charge in [0.05, 0.1) is 12.1 Å². The molecule has 172 valence electrons. The van der Waals surface area contributed by atoms with Gasteiger partial charge in [0.25, 0.3) is 0 Å². The van der Waals surface area contributed by atoms with Gasteiger partial charge in [0.15, 0.2) is 0 Å². The van der Waals surface area contributed by atoms with Gasteiger partial charge < -0.3 is 19.5 Å². The summed E-state index contributed by atoms with van der Waals surface area (Å²) in [7, 11) is 0. The van der Waals surface area contributed by atoms with E-state index < -0.39 is 12.1 Å². The van der Waals surface area contributed by atoms with Gasteiger partial charge in [-0.1, -0.05) is 71.9 Å². The van der Waals surface area contributed by atoms with Crippen LogP contribution in [0.2, 0.25) is 0 Å². The fourth-order valence-corrected chi connectivity index (χ4v) is 3.97. The molecule has 1 aromatic heterocycles. The average Bonchev–Trinajstić information content (AvgIpc) is 3.14. The Balaban J connectivity index is 1.83. The summed E-state index contributed by atoms with van der Waals surface area (Å²) in [5.41, 5.74) is 1.95. The Labute approximate surface area is 187 Å². The minimum absolute atomic E-state index is 0.154. The molecule has 0 radical (unpaired) electrons. The van der Waals surface area contributed by atoms with Crippen molar-refractivity contribution in [2.24, 2.45) is 0 Å². The zero-order chi connectivity index (χ0) is 22.9. The molecule has 0 saturated carbocycles. The fraction of sp³-hybridized carbons (Fsp3) is 0.577. The Morgan fingerprint density at radius 2 is 1.68 bits per heavy atom. The molecular weight excluding hydrogens is 390 g/mol. The highest BCUT2D eigenvalue weighted by molar-refractivity contribution is 5.89. The van der Waals surface area contributed by atoms with E-state index in [1.807, 2.05) is 37.5 Å². The van der Waals surface area contributed by atoms with Gasteiger partial charge in [-0.2, -0.15) is 0 Å². The molecule has 31 heavy (non-hydrogen) atoms. The van der Waals surface area contributed by atoms with Crippen molar-refractivity contribution in [3.8, 4) is 5.75 Å². The molecule has 0 aliphatic rings. The smallest absolute Gasteiger partial charge is 0.337 e. The first-order valence-electron chi connectivity index (χ1n) is 11.5. The van der Waals surface area contributed by atoms with Crippen molar-refractivity contribution < 1.29 is 19.7 Å². The summed E-state index contributed by atoms with van der Waals surface area (Å²) >= 11 is 0. The van der Waals surface area contributed by atoms with Gasteiger partial charge >= 0.3 is 5.97 Å². The van der Waals surface area contributed by atoms with E-state index in [1.54, 1.807) is 12.3 Å². The topological polar surface area (TPSA) is 71.7 Å². The summed E-state index contributed by atoms with van der Waals surface area (Å²) in [5, 5.41) is 19.9. The van der Waals surface area contributed by atoms with Crippen LogP contribution in [-0.4, -0.2) is 33.5 Å². The molecule has 1 atom stereocenters. The largest absolute Gasteiger partial charge is 0.491 e. The summed E-state index contributed by atoms with van der Waals surface area (Å²) in [6.45, 7) is 8.60. The number of carboxylic acid groups (broad SMARTS) is 1. The number of carbonyl (C=O) groups is 1. The molecule has 0 aliphatic heterocycles. The SMILES string of the molecule is CCCCCCCCc1ccc(OCC(O)Cn2ccc(C(=O)O)c2C(C)(C)C)cc1. The summed E-state index contributed by atoms with van der Waals surface area (Å²) < 4.78 is 7.59. The van der Waals surface area contributed by atoms with Crippen molar-refractivity contribution in [1.82, 2.24) is 4.57 Å². The van der Waals surface area contributed by atoms with Crippen molar-refractivity contribution in [1.29, 1.82) is 0 Å². The van der Waals surface area contributed by atoms with Crippen LogP contribution in [0.5, 0.6) is 5.75 Å². The van der Waals surface area contributed by atoms with Crippen LogP contribution in [0.1, 0.15) is 87.8 Å². The lowest BCUT2D eigenvalue weighted by Crippen LogP contribution is -2.28. The molecule has 5 nitrogen and oxygen atoms in total. The summed E-state index contributed by atoms with van der Waals surface area (Å²) in [4.78, 5) is 11.5. The number of unbranched alkanes of at least 4 members (excludes halogenated alkanes) is 5. The van der Waals surface area contributed by atoms with Crippen LogP contribution >= 0.6 is 0 Å². The first kappa shape index (κ1) is 25.0. The molecule has 0 aliphatic carbocycles. The third kappa shape index (κ3) is 8.06. The number of benzene rings is 1. The first-order chi connectivity index (χ1) is 14.7. The van der Waals surface area contributed by atoms with Crippen LogP contribution in [0.3, 0.4) is 0 Å². The highest BCUT2D eigenvalue weighted by Gasteiger charge is 2.26. The predicted molar refractivity (Wildman–Crippen MR) is 125 cm³/mol. The lowest BCUT2D eigenvalue weighted by atomic mass is 9.89. The van der Waals surface area contributed by atoms with Gasteiger partial charge in [-0.25, -0.2) is 4.79 Å². The van der Waals surface area contributed by atoms with Crippen LogP contribution < -0.4 is 4.74 Å². The highest BCUT2D eigenvalue weighted by Crippen LogP contribution is 2.27. The van der Waals surface area contributed by atoms with E-state index in [0.29, 0.717) is 5.69 Å². The molecule has 2 aromatic rings. The zero-order valence-electron chi connectivity index (χ0n) is 19.6. The van der Waals surface area contributed by atoms with Gasteiger partial charge in [0.1, 0.15) is 18.5 Å². The number of aromatic nitrogens is 1. The predicted octanol–water partition coefficient (Wildman–Crippen LogP) is 5.83. The van der Waals surface area contributed by atoms with E-state index in [9.17, 15) is 15.0 Å². The van der Waals surface area contributed by atoms with E-state index in [2.05, 4.69) is 19.1 Å². The Morgan fingerprint density at radius 1 is 1.03 bits per heavy atom. The maximum absolute atomic E-state index is 11.5. The number of aliphatic hydroxyl groups excluding tert-OH is 1. The van der Waals surface area contributed by atoms with Crippen molar-refractivity contribution in [3.63, 3.8) is 0 Å². The van der Waals surface area contributed by atoms with Gasteiger partial charge in [0.2, 0.25) is 0 Å². The van der Waals surface area contributed by atoms with Crippen molar-refractivity contribution in [2.45, 2.75) is 90.7 Å². The lowest BCUT2D eigenvalue weighted by Gasteiger charge is -2.24. The minimum atomic E-state index is -0.949. The van der Waals surface area contributed by atoms with Crippen molar-refractivity contribution >= 4 is 5.97 Å². The van der Waals surface area contributed by atoms with Gasteiger partial charge in [-0.3, -0.25) is 0 Å². The molecule has 0 bridgehead atoms. The molecule has 1 aromatic carbocycles. The Bertz CT molecular complexity index is 802. The van der Waals surface area contributed by atoms with Crippen LogP contribution in [0.15, 0.2) is 36.5 Å². The maximum atomic E-state index is 11.5. The molecule has 0 saturated heterocycles. The quantitative estimate of drug-likeness (QED) is 0.393. The van der Waals surface area contributed by atoms with Crippen LogP contribution in [0.4, 0.5) is 0 Å². The third-order valence-electron chi connectivity index (χ3n) is 5.50. The van der Waals surface area contributed by atoms with E-state index in [4.69, 9.17) is 4.74 Å². The first-order valence-corrected chi connectivity index (χ1v) is 11.5. The third-order valence-corrected chi connectivity index (χ3v) is 5.50. The monoisotopic (exact) mass is 429 g/mol. The fourth-order valence-electron chi connectivity index (χ4n) is 3.97. The summed E-state index contributed by atoms with van der Waals surface area (Å²) in [5.74, 6) is -0.212. The molecule has 5 heteroatoms. The molecular formula is C26H39NO4. The van der Waals surface area contributed by atoms with Gasteiger partial charge in [0, 0.05) is 17.3 Å². The van der Waals surface area contributed by atoms with Crippen molar-refractivity contribution in [2.75, 3.05) is 6.61 Å². The number of aliphatic hydroxyl groups is 1. The molecule has 2 rings (SSSR count). The Kier molecular flexibility index (Phi) is 9.63. The van der Waals surface area contributed by atoms with Crippen LogP contribution in [0.25, 0.3) is 0 Å². The maximum Gasteiger partial charge on any atom is 0.337 e.